The fraction of sp³-hybridized carbons (Fsp3) is 0.182. The highest BCUT2D eigenvalue weighted by Gasteiger charge is 2.46. The number of benzene rings is 1. The van der Waals surface area contributed by atoms with Gasteiger partial charge in [-0.05, 0) is 31.2 Å². The molecule has 2 N–H and O–H groups in total. The number of nitrogen functional groups attached to an aromatic ring is 1. The molecule has 0 atom stereocenters. The van der Waals surface area contributed by atoms with Crippen molar-refractivity contribution < 1.29 is 21.6 Å². The van der Waals surface area contributed by atoms with Crippen LogP contribution >= 0.6 is 0 Å². The first kappa shape index (κ1) is 14.4. The molecule has 0 aliphatic heterocycles. The van der Waals surface area contributed by atoms with Crippen molar-refractivity contribution >= 4 is 15.7 Å². The van der Waals surface area contributed by atoms with Crippen molar-refractivity contribution in [1.29, 1.82) is 0 Å². The van der Waals surface area contributed by atoms with Gasteiger partial charge in [0.05, 0.1) is 10.6 Å². The number of sulfone groups is 1. The van der Waals surface area contributed by atoms with Gasteiger partial charge in [-0.15, -0.1) is 0 Å². The Morgan fingerprint density at radius 2 is 1.75 bits per heavy atom. The molecular weight excluding hydrogens is 295 g/mol. The number of rotatable bonds is 2. The molecule has 0 aliphatic rings. The van der Waals surface area contributed by atoms with Crippen molar-refractivity contribution in [2.45, 2.75) is 17.3 Å². The number of nitrogens with two attached hydrogens (primary N) is 1. The Morgan fingerprint density at radius 3 is 2.15 bits per heavy atom. The molecular formula is C11H10F3N3O2S. The van der Waals surface area contributed by atoms with E-state index in [-0.39, 0.29) is 5.82 Å². The molecule has 0 unspecified atom stereocenters. The predicted molar refractivity (Wildman–Crippen MR) is 66.0 cm³/mol. The third kappa shape index (κ3) is 2.36. The molecule has 1 aromatic heterocycles. The zero-order valence-electron chi connectivity index (χ0n) is 10.2. The lowest BCUT2D eigenvalue weighted by atomic mass is 10.3. The van der Waals surface area contributed by atoms with Crippen molar-refractivity contribution in [1.82, 2.24) is 9.78 Å². The van der Waals surface area contributed by atoms with Gasteiger partial charge in [-0.1, -0.05) is 0 Å². The van der Waals surface area contributed by atoms with Crippen molar-refractivity contribution in [3.8, 4) is 5.69 Å². The Labute approximate surface area is 112 Å². The molecule has 108 valence electrons. The summed E-state index contributed by atoms with van der Waals surface area (Å²) in [7, 11) is -5.33. The van der Waals surface area contributed by atoms with Crippen LogP contribution in [0.25, 0.3) is 5.69 Å². The summed E-state index contributed by atoms with van der Waals surface area (Å²) >= 11 is 0. The molecule has 0 saturated heterocycles. The summed E-state index contributed by atoms with van der Waals surface area (Å²) in [6.45, 7) is 1.72. The van der Waals surface area contributed by atoms with Crippen LogP contribution in [0.1, 0.15) is 5.56 Å². The molecule has 2 aromatic rings. The van der Waals surface area contributed by atoms with E-state index in [0.717, 1.165) is 12.1 Å². The third-order valence-electron chi connectivity index (χ3n) is 2.65. The Bertz CT molecular complexity index is 714. The molecule has 20 heavy (non-hydrogen) atoms. The summed E-state index contributed by atoms with van der Waals surface area (Å²) in [6, 6.07) is 4.21. The van der Waals surface area contributed by atoms with Gasteiger partial charge in [-0.25, -0.2) is 13.1 Å². The third-order valence-corrected chi connectivity index (χ3v) is 4.15. The van der Waals surface area contributed by atoms with Gasteiger partial charge in [0.1, 0.15) is 5.82 Å². The Balaban J connectivity index is 2.41. The number of nitrogens with zero attached hydrogens (tertiary/aromatic N) is 2. The quantitative estimate of drug-likeness (QED) is 0.921. The molecule has 0 saturated carbocycles. The van der Waals surface area contributed by atoms with Gasteiger partial charge >= 0.3 is 5.51 Å². The van der Waals surface area contributed by atoms with E-state index in [1.807, 2.05) is 0 Å². The summed E-state index contributed by atoms with van der Waals surface area (Å²) < 4.78 is 60.9. The van der Waals surface area contributed by atoms with Crippen LogP contribution < -0.4 is 5.73 Å². The second-order valence-electron chi connectivity index (χ2n) is 4.09. The van der Waals surface area contributed by atoms with E-state index in [4.69, 9.17) is 5.73 Å². The summed E-state index contributed by atoms with van der Waals surface area (Å²) in [5.74, 6) is 0.289. The van der Waals surface area contributed by atoms with E-state index in [0.29, 0.717) is 11.3 Å². The molecule has 2 rings (SSSR count). The molecule has 0 amide bonds. The van der Waals surface area contributed by atoms with Gasteiger partial charge in [0.15, 0.2) is 0 Å². The summed E-state index contributed by atoms with van der Waals surface area (Å²) in [4.78, 5) is -0.814. The molecule has 1 aromatic carbocycles. The predicted octanol–water partition coefficient (Wildman–Crippen LogP) is 2.06. The fourth-order valence-electron chi connectivity index (χ4n) is 1.52. The molecule has 5 nitrogen and oxygen atoms in total. The normalized spacial score (nSPS) is 12.6. The van der Waals surface area contributed by atoms with Gasteiger partial charge < -0.3 is 5.73 Å². The van der Waals surface area contributed by atoms with E-state index in [1.54, 1.807) is 13.1 Å². The second kappa shape index (κ2) is 4.51. The zero-order valence-corrected chi connectivity index (χ0v) is 11.0. The second-order valence-corrected chi connectivity index (χ2v) is 6.03. The SMILES string of the molecule is Cc1cn(-c2ccc(S(=O)(=O)C(F)(F)F)cc2)nc1N. The molecule has 0 radical (unpaired) electrons. The highest BCUT2D eigenvalue weighted by atomic mass is 32.2. The summed E-state index contributed by atoms with van der Waals surface area (Å²) in [5.41, 5.74) is 1.35. The van der Waals surface area contributed by atoms with Crippen LogP contribution in [0.15, 0.2) is 35.4 Å². The Hall–Kier alpha value is -2.03. The number of hydrogen-bond donors (Lipinski definition) is 1. The van der Waals surface area contributed by atoms with E-state index in [9.17, 15) is 21.6 Å². The fourth-order valence-corrected chi connectivity index (χ4v) is 2.28. The standard InChI is InChI=1S/C11H10F3N3O2S/c1-7-6-17(16-10(7)15)8-2-4-9(5-3-8)20(18,19)11(12,13)14/h2-6H,1H3,(H2,15,16). The Morgan fingerprint density at radius 1 is 1.20 bits per heavy atom. The lowest BCUT2D eigenvalue weighted by molar-refractivity contribution is -0.0436. The maximum Gasteiger partial charge on any atom is 0.501 e. The number of halogens is 3. The van der Waals surface area contributed by atoms with Gasteiger partial charge in [0.2, 0.25) is 0 Å². The molecule has 0 fully saturated rings. The number of anilines is 1. The van der Waals surface area contributed by atoms with Crippen LogP contribution in [0, 0.1) is 6.92 Å². The van der Waals surface area contributed by atoms with Crippen molar-refractivity contribution in [2.75, 3.05) is 5.73 Å². The van der Waals surface area contributed by atoms with Crippen molar-refractivity contribution in [2.24, 2.45) is 0 Å². The average Bonchev–Trinajstić information content (AvgIpc) is 2.68. The lowest BCUT2D eigenvalue weighted by Gasteiger charge is -2.08. The maximum atomic E-state index is 12.4. The van der Waals surface area contributed by atoms with Crippen molar-refractivity contribution in [3.05, 3.63) is 36.0 Å². The van der Waals surface area contributed by atoms with Crippen LogP contribution in [0.2, 0.25) is 0 Å². The zero-order chi connectivity index (χ0) is 15.1. The van der Waals surface area contributed by atoms with Crippen LogP contribution in [-0.4, -0.2) is 23.7 Å². The molecule has 9 heteroatoms. The van der Waals surface area contributed by atoms with Crippen LogP contribution in [-0.2, 0) is 9.84 Å². The number of hydrogen-bond acceptors (Lipinski definition) is 4. The minimum atomic E-state index is -5.33. The lowest BCUT2D eigenvalue weighted by Crippen LogP contribution is -2.23. The van der Waals surface area contributed by atoms with Gasteiger partial charge in [-0.3, -0.25) is 0 Å². The first-order chi connectivity index (χ1) is 9.13. The maximum absolute atomic E-state index is 12.4. The van der Waals surface area contributed by atoms with Crippen LogP contribution in [0.3, 0.4) is 0 Å². The van der Waals surface area contributed by atoms with E-state index in [2.05, 4.69) is 5.10 Å². The van der Waals surface area contributed by atoms with Crippen LogP contribution in [0.5, 0.6) is 0 Å². The minimum Gasteiger partial charge on any atom is -0.382 e. The molecule has 0 aliphatic carbocycles. The van der Waals surface area contributed by atoms with Gasteiger partial charge in [0, 0.05) is 11.8 Å². The molecule has 0 spiro atoms. The molecule has 1 heterocycles. The van der Waals surface area contributed by atoms with Crippen LogP contribution in [0.4, 0.5) is 19.0 Å². The highest BCUT2D eigenvalue weighted by Crippen LogP contribution is 2.30. The summed E-state index contributed by atoms with van der Waals surface area (Å²) in [6.07, 6.45) is 1.59. The largest absolute Gasteiger partial charge is 0.501 e. The molecule has 0 bridgehead atoms. The summed E-state index contributed by atoms with van der Waals surface area (Å²) in [5, 5.41) is 3.94. The number of alkyl halides is 3. The van der Waals surface area contributed by atoms with Gasteiger partial charge in [-0.2, -0.15) is 18.3 Å². The van der Waals surface area contributed by atoms with E-state index >= 15 is 0 Å². The highest BCUT2D eigenvalue weighted by molar-refractivity contribution is 7.92. The topological polar surface area (TPSA) is 78.0 Å². The number of aromatic nitrogens is 2. The number of aryl methyl sites for hydroxylation is 1. The van der Waals surface area contributed by atoms with E-state index < -0.39 is 20.2 Å². The minimum absolute atomic E-state index is 0.289. The first-order valence-corrected chi connectivity index (χ1v) is 6.85. The monoisotopic (exact) mass is 305 g/mol. The smallest absolute Gasteiger partial charge is 0.382 e. The van der Waals surface area contributed by atoms with Crippen molar-refractivity contribution in [3.63, 3.8) is 0 Å². The van der Waals surface area contributed by atoms with Gasteiger partial charge in [0.25, 0.3) is 9.84 Å². The Kier molecular flexibility index (Phi) is 3.24. The van der Waals surface area contributed by atoms with E-state index in [1.165, 1.54) is 16.8 Å². The first-order valence-electron chi connectivity index (χ1n) is 5.36. The average molecular weight is 305 g/mol.